The molecule has 4 rings (SSSR count). The van der Waals surface area contributed by atoms with Crippen LogP contribution in [0.3, 0.4) is 0 Å². The highest BCUT2D eigenvalue weighted by atomic mass is 32.1. The quantitative estimate of drug-likeness (QED) is 0.698. The molecule has 7 heteroatoms. The van der Waals surface area contributed by atoms with Gasteiger partial charge in [0.2, 0.25) is 10.8 Å². The number of thiazole rings is 1. The molecular formula is C21H28N4O2S. The number of ether oxygens (including phenoxy) is 1. The Labute approximate surface area is 169 Å². The normalized spacial score (nSPS) is 21.9. The first-order chi connectivity index (χ1) is 13.5. The van der Waals surface area contributed by atoms with Crippen molar-refractivity contribution in [3.63, 3.8) is 0 Å². The molecule has 0 bridgehead atoms. The van der Waals surface area contributed by atoms with E-state index >= 15 is 0 Å². The molecule has 1 fully saturated rings. The topological polar surface area (TPSA) is 62.9 Å². The molecule has 150 valence electrons. The van der Waals surface area contributed by atoms with Crippen LogP contribution in [-0.2, 0) is 6.42 Å². The number of rotatable bonds is 5. The van der Waals surface area contributed by atoms with Gasteiger partial charge in [0.15, 0.2) is 5.82 Å². The maximum atomic E-state index is 11.0. The third-order valence-electron chi connectivity index (χ3n) is 5.50. The highest BCUT2D eigenvalue weighted by Crippen LogP contribution is 2.42. The van der Waals surface area contributed by atoms with Crippen molar-refractivity contribution in [2.24, 2.45) is 11.8 Å². The highest BCUT2D eigenvalue weighted by Gasteiger charge is 2.33. The van der Waals surface area contributed by atoms with Crippen molar-refractivity contribution in [3.05, 3.63) is 40.5 Å². The fourth-order valence-electron chi connectivity index (χ4n) is 4.35. The largest absolute Gasteiger partial charge is 0.497 e. The van der Waals surface area contributed by atoms with Crippen molar-refractivity contribution in [1.82, 2.24) is 19.5 Å². The lowest BCUT2D eigenvalue weighted by Gasteiger charge is -2.40. The number of likely N-dealkylation sites (tertiary alicyclic amines) is 1. The summed E-state index contributed by atoms with van der Waals surface area (Å²) < 4.78 is 6.92. The van der Waals surface area contributed by atoms with Gasteiger partial charge in [-0.3, -0.25) is 4.90 Å². The summed E-state index contributed by atoms with van der Waals surface area (Å²) in [5.41, 5.74) is 1.15. The molecule has 0 unspecified atom stereocenters. The summed E-state index contributed by atoms with van der Waals surface area (Å²) in [5.74, 6) is 3.05. The summed E-state index contributed by atoms with van der Waals surface area (Å²) in [6.45, 7) is 8.66. The van der Waals surface area contributed by atoms with Gasteiger partial charge >= 0.3 is 0 Å². The van der Waals surface area contributed by atoms with E-state index in [1.807, 2.05) is 19.1 Å². The van der Waals surface area contributed by atoms with E-state index in [2.05, 4.69) is 41.0 Å². The maximum absolute atomic E-state index is 11.0. The van der Waals surface area contributed by atoms with Gasteiger partial charge in [-0.2, -0.15) is 4.52 Å². The predicted octanol–water partition coefficient (Wildman–Crippen LogP) is 4.13. The average Bonchev–Trinajstić information content (AvgIpc) is 3.21. The SMILES string of the molecule is CCc1nc2sc([C@H](c3ccc(OC)cc3)N3C[C@H](C)C[C@H](C)C3)c(O)n2n1. The number of fused-ring (bicyclic) bond motifs is 1. The Morgan fingerprint density at radius 1 is 1.21 bits per heavy atom. The summed E-state index contributed by atoms with van der Waals surface area (Å²) in [6.07, 6.45) is 2.00. The van der Waals surface area contributed by atoms with Crippen LogP contribution in [0.25, 0.3) is 4.96 Å². The summed E-state index contributed by atoms with van der Waals surface area (Å²) in [4.78, 5) is 8.71. The lowest BCUT2D eigenvalue weighted by molar-refractivity contribution is 0.112. The van der Waals surface area contributed by atoms with Crippen molar-refractivity contribution in [2.45, 2.75) is 39.7 Å². The number of piperidine rings is 1. The number of benzene rings is 1. The zero-order valence-corrected chi connectivity index (χ0v) is 17.7. The molecule has 2 aromatic heterocycles. The van der Waals surface area contributed by atoms with Crippen molar-refractivity contribution in [2.75, 3.05) is 20.2 Å². The van der Waals surface area contributed by atoms with Gasteiger partial charge in [-0.1, -0.05) is 44.2 Å². The van der Waals surface area contributed by atoms with E-state index in [1.165, 1.54) is 17.8 Å². The van der Waals surface area contributed by atoms with E-state index in [1.54, 1.807) is 11.6 Å². The van der Waals surface area contributed by atoms with E-state index in [9.17, 15) is 5.11 Å². The summed E-state index contributed by atoms with van der Waals surface area (Å²) in [6, 6.07) is 8.15. The maximum Gasteiger partial charge on any atom is 0.230 e. The van der Waals surface area contributed by atoms with Crippen molar-refractivity contribution in [3.8, 4) is 11.6 Å². The van der Waals surface area contributed by atoms with Gasteiger partial charge in [0.25, 0.3) is 0 Å². The van der Waals surface area contributed by atoms with E-state index < -0.39 is 0 Å². The van der Waals surface area contributed by atoms with E-state index in [4.69, 9.17) is 4.74 Å². The molecule has 3 aromatic rings. The first kappa shape index (κ1) is 19.2. The third-order valence-corrected chi connectivity index (χ3v) is 6.57. The standard InChI is InChI=1S/C21H28N4O2S/c1-5-17-22-21-25(23-17)20(26)19(28-21)18(15-6-8-16(27-4)9-7-15)24-11-13(2)10-14(3)12-24/h6-9,13-14,18,26H,5,10-12H2,1-4H3/t13-,14+,18-/m0/s1. The fourth-order valence-corrected chi connectivity index (χ4v) is 5.49. The van der Waals surface area contributed by atoms with Gasteiger partial charge in [0, 0.05) is 19.5 Å². The summed E-state index contributed by atoms with van der Waals surface area (Å²) >= 11 is 1.54. The molecule has 1 N–H and O–H groups in total. The Hall–Kier alpha value is -2.12. The van der Waals surface area contributed by atoms with Crippen LogP contribution in [0.5, 0.6) is 11.6 Å². The molecule has 0 aliphatic carbocycles. The molecular weight excluding hydrogens is 372 g/mol. The van der Waals surface area contributed by atoms with Crippen LogP contribution in [0.4, 0.5) is 0 Å². The van der Waals surface area contributed by atoms with Gasteiger partial charge in [-0.05, 0) is 36.0 Å². The molecule has 1 saturated heterocycles. The lowest BCUT2D eigenvalue weighted by atomic mass is 9.89. The number of nitrogens with zero attached hydrogens (tertiary/aromatic N) is 4. The second-order valence-electron chi connectivity index (χ2n) is 7.94. The Morgan fingerprint density at radius 2 is 1.89 bits per heavy atom. The summed E-state index contributed by atoms with van der Waals surface area (Å²) in [5, 5.41) is 15.5. The molecule has 1 aliphatic heterocycles. The Balaban J connectivity index is 1.80. The third kappa shape index (κ3) is 3.49. The number of hydrogen-bond acceptors (Lipinski definition) is 6. The lowest BCUT2D eigenvalue weighted by Crippen LogP contribution is -2.41. The molecule has 28 heavy (non-hydrogen) atoms. The van der Waals surface area contributed by atoms with E-state index in [-0.39, 0.29) is 11.9 Å². The van der Waals surface area contributed by atoms with Crippen molar-refractivity contribution in [1.29, 1.82) is 0 Å². The van der Waals surface area contributed by atoms with E-state index in [0.29, 0.717) is 11.8 Å². The van der Waals surface area contributed by atoms with Gasteiger partial charge in [-0.15, -0.1) is 5.10 Å². The van der Waals surface area contributed by atoms with Crippen LogP contribution >= 0.6 is 11.3 Å². The number of aromatic hydroxyl groups is 1. The van der Waals surface area contributed by atoms with Gasteiger partial charge in [0.05, 0.1) is 18.0 Å². The number of aryl methyl sites for hydroxylation is 1. The van der Waals surface area contributed by atoms with Gasteiger partial charge in [-0.25, -0.2) is 4.98 Å². The fraction of sp³-hybridized carbons (Fsp3) is 0.524. The zero-order valence-electron chi connectivity index (χ0n) is 16.9. The number of methoxy groups -OCH3 is 1. The molecule has 0 spiro atoms. The molecule has 0 saturated carbocycles. The van der Waals surface area contributed by atoms with Crippen LogP contribution in [0.1, 0.15) is 49.5 Å². The molecule has 0 radical (unpaired) electrons. The second-order valence-corrected chi connectivity index (χ2v) is 8.95. The van der Waals surface area contributed by atoms with Crippen LogP contribution in [0.2, 0.25) is 0 Å². The van der Waals surface area contributed by atoms with Crippen LogP contribution in [-0.4, -0.2) is 44.8 Å². The van der Waals surface area contributed by atoms with Crippen LogP contribution in [0, 0.1) is 11.8 Å². The zero-order chi connectivity index (χ0) is 19.8. The van der Waals surface area contributed by atoms with Gasteiger partial charge in [0.1, 0.15) is 5.75 Å². The number of aromatic nitrogens is 3. The second kappa shape index (κ2) is 7.72. The summed E-state index contributed by atoms with van der Waals surface area (Å²) in [7, 11) is 1.68. The number of hydrogen-bond donors (Lipinski definition) is 1. The molecule has 0 amide bonds. The minimum atomic E-state index is -0.0188. The monoisotopic (exact) mass is 400 g/mol. The van der Waals surface area contributed by atoms with Crippen molar-refractivity contribution >= 4 is 16.3 Å². The Bertz CT molecular complexity index is 939. The molecule has 3 heterocycles. The minimum Gasteiger partial charge on any atom is -0.497 e. The van der Waals surface area contributed by atoms with Crippen LogP contribution < -0.4 is 4.74 Å². The van der Waals surface area contributed by atoms with Crippen LogP contribution in [0.15, 0.2) is 24.3 Å². The first-order valence-corrected chi connectivity index (χ1v) is 10.8. The Kier molecular flexibility index (Phi) is 5.29. The first-order valence-electron chi connectivity index (χ1n) is 9.95. The van der Waals surface area contributed by atoms with E-state index in [0.717, 1.165) is 46.5 Å². The van der Waals surface area contributed by atoms with Gasteiger partial charge < -0.3 is 9.84 Å². The molecule has 6 nitrogen and oxygen atoms in total. The molecule has 3 atom stereocenters. The molecule has 1 aromatic carbocycles. The Morgan fingerprint density at radius 3 is 2.46 bits per heavy atom. The highest BCUT2D eigenvalue weighted by molar-refractivity contribution is 7.17. The predicted molar refractivity (Wildman–Crippen MR) is 111 cm³/mol. The molecule has 1 aliphatic rings. The van der Waals surface area contributed by atoms with Crippen molar-refractivity contribution < 1.29 is 9.84 Å². The minimum absolute atomic E-state index is 0.0188. The smallest absolute Gasteiger partial charge is 0.230 e. The average molecular weight is 401 g/mol.